The molecule has 0 aliphatic heterocycles. The fourth-order valence-electron chi connectivity index (χ4n) is 2.39. The van der Waals surface area contributed by atoms with Crippen LogP contribution in [0, 0.1) is 5.82 Å². The van der Waals surface area contributed by atoms with Crippen LogP contribution in [0.5, 0.6) is 0 Å². The van der Waals surface area contributed by atoms with Crippen LogP contribution in [0.2, 0.25) is 5.02 Å². The van der Waals surface area contributed by atoms with E-state index in [4.69, 9.17) is 11.6 Å². The molecule has 0 radical (unpaired) electrons. The Bertz CT molecular complexity index is 1050. The number of carbonyl (C=O) groups is 2. The van der Waals surface area contributed by atoms with Crippen molar-refractivity contribution in [3.8, 4) is 0 Å². The molecule has 2 amide bonds. The van der Waals surface area contributed by atoms with E-state index in [-0.39, 0.29) is 17.0 Å². The van der Waals surface area contributed by atoms with Crippen LogP contribution in [0.15, 0.2) is 77.9 Å². The lowest BCUT2D eigenvalue weighted by atomic mass is 10.1. The summed E-state index contributed by atoms with van der Waals surface area (Å²) in [5, 5.41) is 6.78. The summed E-state index contributed by atoms with van der Waals surface area (Å²) in [6.07, 6.45) is 1.22. The molecular weight excluding hydrogens is 381 g/mol. The molecule has 0 aromatic heterocycles. The number of hydrogen-bond donors (Lipinski definition) is 2. The molecule has 0 atom stereocenters. The fourth-order valence-corrected chi connectivity index (χ4v) is 2.61. The first-order chi connectivity index (χ1) is 13.5. The van der Waals surface area contributed by atoms with Crippen molar-refractivity contribution in [2.45, 2.75) is 0 Å². The van der Waals surface area contributed by atoms with Gasteiger partial charge in [-0.25, -0.2) is 9.82 Å². The summed E-state index contributed by atoms with van der Waals surface area (Å²) in [6.45, 7) is 0. The molecule has 0 aliphatic rings. The Hall–Kier alpha value is -3.51. The Morgan fingerprint density at radius 1 is 0.929 bits per heavy atom. The molecule has 0 heterocycles. The van der Waals surface area contributed by atoms with E-state index in [1.165, 1.54) is 24.4 Å². The quantitative estimate of drug-likeness (QED) is 0.493. The van der Waals surface area contributed by atoms with Crippen LogP contribution >= 0.6 is 11.6 Å². The van der Waals surface area contributed by atoms with Crippen molar-refractivity contribution in [1.29, 1.82) is 0 Å². The zero-order valence-electron chi connectivity index (χ0n) is 14.5. The molecule has 7 heteroatoms. The largest absolute Gasteiger partial charge is 0.322 e. The third-order valence-electron chi connectivity index (χ3n) is 3.78. The lowest BCUT2D eigenvalue weighted by molar-refractivity contribution is 0.0953. The third kappa shape index (κ3) is 4.81. The molecule has 2 N–H and O–H groups in total. The minimum Gasteiger partial charge on any atom is -0.322 e. The fraction of sp³-hybridized carbons (Fsp3) is 0. The summed E-state index contributed by atoms with van der Waals surface area (Å²) in [7, 11) is 0. The van der Waals surface area contributed by atoms with Crippen molar-refractivity contribution in [3.05, 3.63) is 100 Å². The number of halogens is 2. The van der Waals surface area contributed by atoms with Gasteiger partial charge in [-0.05, 0) is 36.4 Å². The second-order valence-corrected chi connectivity index (χ2v) is 6.14. The summed E-state index contributed by atoms with van der Waals surface area (Å²) < 4.78 is 13.5. The van der Waals surface area contributed by atoms with Crippen molar-refractivity contribution in [1.82, 2.24) is 5.43 Å². The Morgan fingerprint density at radius 3 is 2.46 bits per heavy atom. The number of amides is 2. The molecule has 140 valence electrons. The number of carbonyl (C=O) groups excluding carboxylic acids is 2. The van der Waals surface area contributed by atoms with E-state index in [1.54, 1.807) is 54.6 Å². The molecular formula is C21H15ClFN3O2. The zero-order valence-corrected chi connectivity index (χ0v) is 15.3. The van der Waals surface area contributed by atoms with E-state index in [1.807, 2.05) is 0 Å². The van der Waals surface area contributed by atoms with E-state index in [0.717, 1.165) is 0 Å². The van der Waals surface area contributed by atoms with Crippen molar-refractivity contribution in [2.24, 2.45) is 5.10 Å². The van der Waals surface area contributed by atoms with Gasteiger partial charge in [0.15, 0.2) is 0 Å². The van der Waals surface area contributed by atoms with Gasteiger partial charge in [0.1, 0.15) is 5.82 Å². The standard InChI is InChI=1S/C21H15ClFN3O2/c22-18-10-3-2-9-17(18)21(28)25-16-8-5-7-14(12-16)20(27)26-24-13-15-6-1-4-11-19(15)23/h1-13H,(H,25,28)(H,26,27)/b24-13-. The number of nitrogens with one attached hydrogen (secondary N) is 2. The van der Waals surface area contributed by atoms with Gasteiger partial charge in [0.25, 0.3) is 11.8 Å². The highest BCUT2D eigenvalue weighted by Gasteiger charge is 2.11. The molecule has 28 heavy (non-hydrogen) atoms. The highest BCUT2D eigenvalue weighted by atomic mass is 35.5. The lowest BCUT2D eigenvalue weighted by Crippen LogP contribution is -2.18. The van der Waals surface area contributed by atoms with Crippen LogP contribution in [0.3, 0.4) is 0 Å². The SMILES string of the molecule is O=C(N/N=C\c1ccccc1F)c1cccc(NC(=O)c2ccccc2Cl)c1. The maximum atomic E-state index is 13.5. The smallest absolute Gasteiger partial charge is 0.271 e. The van der Waals surface area contributed by atoms with Crippen LogP contribution in [0.1, 0.15) is 26.3 Å². The Balaban J connectivity index is 1.67. The predicted octanol–water partition coefficient (Wildman–Crippen LogP) is 4.50. The van der Waals surface area contributed by atoms with Crippen LogP contribution in [0.25, 0.3) is 0 Å². The van der Waals surface area contributed by atoms with Gasteiger partial charge in [-0.1, -0.05) is 48.0 Å². The minimum atomic E-state index is -0.499. The number of nitrogens with zero attached hydrogens (tertiary/aromatic N) is 1. The van der Waals surface area contributed by atoms with Crippen molar-refractivity contribution < 1.29 is 14.0 Å². The Morgan fingerprint density at radius 2 is 1.68 bits per heavy atom. The third-order valence-corrected chi connectivity index (χ3v) is 4.11. The first kappa shape index (κ1) is 19.3. The molecule has 5 nitrogen and oxygen atoms in total. The maximum absolute atomic E-state index is 13.5. The second kappa shape index (κ2) is 8.92. The predicted molar refractivity (Wildman–Crippen MR) is 107 cm³/mol. The number of anilines is 1. The van der Waals surface area contributed by atoms with E-state index < -0.39 is 11.7 Å². The number of benzene rings is 3. The van der Waals surface area contributed by atoms with Gasteiger partial charge in [0.2, 0.25) is 0 Å². The summed E-state index contributed by atoms with van der Waals surface area (Å²) in [4.78, 5) is 24.6. The number of hydrazone groups is 1. The summed E-state index contributed by atoms with van der Waals surface area (Å²) in [5.41, 5.74) is 3.61. The summed E-state index contributed by atoms with van der Waals surface area (Å²) in [5.74, 6) is -1.33. The van der Waals surface area contributed by atoms with E-state index in [9.17, 15) is 14.0 Å². The topological polar surface area (TPSA) is 70.6 Å². The first-order valence-corrected chi connectivity index (χ1v) is 8.66. The molecule has 0 bridgehead atoms. The van der Waals surface area contributed by atoms with Crippen molar-refractivity contribution in [3.63, 3.8) is 0 Å². The Labute approximate surface area is 165 Å². The number of rotatable bonds is 5. The molecule has 0 unspecified atom stereocenters. The van der Waals surface area contributed by atoms with Crippen LogP contribution in [-0.2, 0) is 0 Å². The van der Waals surface area contributed by atoms with Crippen LogP contribution in [-0.4, -0.2) is 18.0 Å². The normalized spacial score (nSPS) is 10.6. The molecule has 3 aromatic carbocycles. The lowest BCUT2D eigenvalue weighted by Gasteiger charge is -2.08. The van der Waals surface area contributed by atoms with Crippen molar-refractivity contribution >= 4 is 35.3 Å². The summed E-state index contributed by atoms with van der Waals surface area (Å²) >= 11 is 6.02. The molecule has 0 spiro atoms. The van der Waals surface area contributed by atoms with Gasteiger partial charge in [-0.3, -0.25) is 9.59 Å². The highest BCUT2D eigenvalue weighted by Crippen LogP contribution is 2.18. The van der Waals surface area contributed by atoms with E-state index in [0.29, 0.717) is 16.3 Å². The maximum Gasteiger partial charge on any atom is 0.271 e. The first-order valence-electron chi connectivity index (χ1n) is 8.28. The van der Waals surface area contributed by atoms with Crippen molar-refractivity contribution in [2.75, 3.05) is 5.32 Å². The van der Waals surface area contributed by atoms with Gasteiger partial charge in [-0.2, -0.15) is 5.10 Å². The zero-order chi connectivity index (χ0) is 19.9. The second-order valence-electron chi connectivity index (χ2n) is 5.74. The van der Waals surface area contributed by atoms with E-state index in [2.05, 4.69) is 15.8 Å². The molecule has 0 aliphatic carbocycles. The van der Waals surface area contributed by atoms with Gasteiger partial charge >= 0.3 is 0 Å². The van der Waals surface area contributed by atoms with Gasteiger partial charge in [0.05, 0.1) is 16.8 Å². The molecule has 0 saturated carbocycles. The van der Waals surface area contributed by atoms with Gasteiger partial charge in [0, 0.05) is 16.8 Å². The molecule has 3 aromatic rings. The van der Waals surface area contributed by atoms with Gasteiger partial charge in [-0.15, -0.1) is 0 Å². The molecule has 0 saturated heterocycles. The highest BCUT2D eigenvalue weighted by molar-refractivity contribution is 6.34. The number of hydrogen-bond acceptors (Lipinski definition) is 3. The van der Waals surface area contributed by atoms with Crippen LogP contribution in [0.4, 0.5) is 10.1 Å². The minimum absolute atomic E-state index is 0.253. The summed E-state index contributed by atoms with van der Waals surface area (Å²) in [6, 6.07) is 19.1. The Kier molecular flexibility index (Phi) is 6.14. The molecule has 3 rings (SSSR count). The van der Waals surface area contributed by atoms with Gasteiger partial charge < -0.3 is 5.32 Å². The molecule has 0 fully saturated rings. The monoisotopic (exact) mass is 395 g/mol. The van der Waals surface area contributed by atoms with E-state index >= 15 is 0 Å². The average Bonchev–Trinajstić information content (AvgIpc) is 2.70. The average molecular weight is 396 g/mol. The van der Waals surface area contributed by atoms with Crippen LogP contribution < -0.4 is 10.7 Å².